The predicted molar refractivity (Wildman–Crippen MR) is 115 cm³/mol. The van der Waals surface area contributed by atoms with E-state index in [1.165, 1.54) is 4.57 Å². The highest BCUT2D eigenvalue weighted by molar-refractivity contribution is 5.83. The topological polar surface area (TPSA) is 93.2 Å². The van der Waals surface area contributed by atoms with Gasteiger partial charge in [-0.2, -0.15) is 0 Å². The summed E-state index contributed by atoms with van der Waals surface area (Å²) in [5.41, 5.74) is 3.14. The van der Waals surface area contributed by atoms with Crippen molar-refractivity contribution >= 4 is 28.5 Å². The van der Waals surface area contributed by atoms with Crippen LogP contribution in [0.3, 0.4) is 0 Å². The molecule has 5 heterocycles. The highest BCUT2D eigenvalue weighted by Gasteiger charge is 2.24. The number of alkyl halides is 2. The minimum atomic E-state index is -2.49. The van der Waals surface area contributed by atoms with Gasteiger partial charge in [-0.25, -0.2) is 28.2 Å². The van der Waals surface area contributed by atoms with Crippen molar-refractivity contribution in [3.05, 3.63) is 36.4 Å². The summed E-state index contributed by atoms with van der Waals surface area (Å²) in [5.74, 6) is 1.04. The fraction of sp³-hybridized carbons (Fsp3) is 0.381. The number of likely N-dealkylation sites (tertiary alicyclic amines) is 1. The number of nitrogens with one attached hydrogen (secondary N) is 1. The Bertz CT molecular complexity index is 1310. The molecule has 5 rings (SSSR count). The first-order valence-corrected chi connectivity index (χ1v) is 10.4. The number of carbonyl (C=O) groups is 1. The van der Waals surface area contributed by atoms with Crippen LogP contribution in [0.25, 0.3) is 27.9 Å². The zero-order chi connectivity index (χ0) is 22.4. The molecule has 1 amide bonds. The van der Waals surface area contributed by atoms with E-state index in [0.29, 0.717) is 41.6 Å². The van der Waals surface area contributed by atoms with Gasteiger partial charge in [-0.05, 0) is 31.5 Å². The number of amides is 1. The van der Waals surface area contributed by atoms with E-state index in [1.807, 2.05) is 12.1 Å². The van der Waals surface area contributed by atoms with Crippen LogP contribution in [0.15, 0.2) is 30.6 Å². The van der Waals surface area contributed by atoms with E-state index in [4.69, 9.17) is 0 Å². The Morgan fingerprint density at radius 2 is 2.09 bits per heavy atom. The molecule has 0 unspecified atom stereocenters. The average Bonchev–Trinajstić information content (AvgIpc) is 3.31. The van der Waals surface area contributed by atoms with Crippen molar-refractivity contribution in [2.45, 2.75) is 38.8 Å². The number of imidazole rings is 1. The lowest BCUT2D eigenvalue weighted by Crippen LogP contribution is -2.41. The quantitative estimate of drug-likeness (QED) is 0.513. The lowest BCUT2D eigenvalue weighted by molar-refractivity contribution is -0.132. The van der Waals surface area contributed by atoms with Gasteiger partial charge in [0.25, 0.3) is 6.43 Å². The summed E-state index contributed by atoms with van der Waals surface area (Å²) >= 11 is 0. The number of aryl methyl sites for hydroxylation is 1. The van der Waals surface area contributed by atoms with Gasteiger partial charge in [-0.1, -0.05) is 0 Å². The average molecular weight is 440 g/mol. The zero-order valence-electron chi connectivity index (χ0n) is 17.7. The molecular weight excluding hydrogens is 418 g/mol. The van der Waals surface area contributed by atoms with Crippen LogP contribution < -0.4 is 5.32 Å². The van der Waals surface area contributed by atoms with Gasteiger partial charge in [0.15, 0.2) is 5.65 Å². The fourth-order valence-electron chi connectivity index (χ4n) is 4.05. The number of piperidine rings is 1. The second kappa shape index (κ2) is 7.81. The van der Waals surface area contributed by atoms with Crippen LogP contribution in [0, 0.1) is 6.92 Å². The molecule has 0 aromatic carbocycles. The number of rotatable bonds is 5. The summed E-state index contributed by atoms with van der Waals surface area (Å²) in [7, 11) is 1.80. The van der Waals surface area contributed by atoms with Crippen LogP contribution in [-0.2, 0) is 11.3 Å². The maximum atomic E-state index is 13.0. The molecule has 1 atom stereocenters. The molecule has 0 spiro atoms. The molecule has 4 aromatic heterocycles. The van der Waals surface area contributed by atoms with Gasteiger partial charge in [0, 0.05) is 37.8 Å². The van der Waals surface area contributed by atoms with Gasteiger partial charge in [0.05, 0.1) is 24.0 Å². The summed E-state index contributed by atoms with van der Waals surface area (Å²) in [6.45, 7) is 1.94. The monoisotopic (exact) mass is 440 g/mol. The van der Waals surface area contributed by atoms with E-state index in [-0.39, 0.29) is 11.9 Å². The molecule has 1 fully saturated rings. The first kappa shape index (κ1) is 20.3. The molecule has 1 saturated heterocycles. The van der Waals surface area contributed by atoms with Gasteiger partial charge < -0.3 is 14.8 Å². The Morgan fingerprint density at radius 1 is 1.25 bits per heavy atom. The Labute approximate surface area is 182 Å². The van der Waals surface area contributed by atoms with Crippen LogP contribution in [0.2, 0.25) is 0 Å². The Balaban J connectivity index is 1.45. The standard InChI is InChI=1S/C21H22F2N8O/c1-12-25-16-4-3-15(27-20(16)30(12)11-18(22)23)14-6-8-31-17(14)10-24-21(28-31)26-13-5-7-29(2)19(32)9-13/h3-4,6,8,10,13,18H,5,7,9,11H2,1-2H3,(H,26,28)/t13-/m0/s1. The second-order valence-electron chi connectivity index (χ2n) is 7.99. The predicted octanol–water partition coefficient (Wildman–Crippen LogP) is 2.75. The normalized spacial score (nSPS) is 17.1. The Kier molecular flexibility index (Phi) is 4.95. The van der Waals surface area contributed by atoms with Crippen LogP contribution in [0.5, 0.6) is 0 Å². The van der Waals surface area contributed by atoms with Crippen LogP contribution in [-0.4, -0.2) is 66.0 Å². The molecule has 166 valence electrons. The van der Waals surface area contributed by atoms with E-state index in [2.05, 4.69) is 25.4 Å². The summed E-state index contributed by atoms with van der Waals surface area (Å²) in [4.78, 5) is 27.0. The first-order chi connectivity index (χ1) is 15.4. The van der Waals surface area contributed by atoms with Crippen molar-refractivity contribution in [1.29, 1.82) is 0 Å². The lowest BCUT2D eigenvalue weighted by Gasteiger charge is -2.29. The van der Waals surface area contributed by atoms with Gasteiger partial charge >= 0.3 is 0 Å². The minimum Gasteiger partial charge on any atom is -0.350 e. The van der Waals surface area contributed by atoms with Gasteiger partial charge in [0.2, 0.25) is 11.9 Å². The van der Waals surface area contributed by atoms with Gasteiger partial charge in [-0.15, -0.1) is 5.10 Å². The lowest BCUT2D eigenvalue weighted by atomic mass is 10.1. The van der Waals surface area contributed by atoms with E-state index in [9.17, 15) is 13.6 Å². The molecule has 1 aliphatic heterocycles. The van der Waals surface area contributed by atoms with E-state index in [0.717, 1.165) is 17.5 Å². The number of nitrogens with zero attached hydrogens (tertiary/aromatic N) is 7. The summed E-state index contributed by atoms with van der Waals surface area (Å²) < 4.78 is 29.1. The number of anilines is 1. The van der Waals surface area contributed by atoms with Crippen LogP contribution in [0.4, 0.5) is 14.7 Å². The number of aromatic nitrogens is 6. The molecule has 11 heteroatoms. The van der Waals surface area contributed by atoms with Crippen molar-refractivity contribution in [2.75, 3.05) is 18.9 Å². The molecule has 0 bridgehead atoms. The molecule has 1 N–H and O–H groups in total. The Morgan fingerprint density at radius 3 is 2.88 bits per heavy atom. The highest BCUT2D eigenvalue weighted by atomic mass is 19.3. The van der Waals surface area contributed by atoms with Crippen molar-refractivity contribution in [2.24, 2.45) is 0 Å². The number of carbonyl (C=O) groups excluding carboxylic acids is 1. The molecule has 0 radical (unpaired) electrons. The third-order valence-corrected chi connectivity index (χ3v) is 5.79. The molecule has 32 heavy (non-hydrogen) atoms. The van der Waals surface area contributed by atoms with Crippen LogP contribution >= 0.6 is 0 Å². The summed E-state index contributed by atoms with van der Waals surface area (Å²) in [5, 5.41) is 7.74. The highest BCUT2D eigenvalue weighted by Crippen LogP contribution is 2.27. The molecule has 0 saturated carbocycles. The smallest absolute Gasteiger partial charge is 0.256 e. The van der Waals surface area contributed by atoms with Gasteiger partial charge in [-0.3, -0.25) is 4.79 Å². The molecule has 4 aromatic rings. The largest absolute Gasteiger partial charge is 0.350 e. The number of hydrogen-bond donors (Lipinski definition) is 1. The van der Waals surface area contributed by atoms with E-state index in [1.54, 1.807) is 41.8 Å². The maximum Gasteiger partial charge on any atom is 0.256 e. The third kappa shape index (κ3) is 3.63. The number of hydrogen-bond acceptors (Lipinski definition) is 6. The van der Waals surface area contributed by atoms with Crippen molar-refractivity contribution in [1.82, 2.24) is 34.0 Å². The van der Waals surface area contributed by atoms with E-state index < -0.39 is 13.0 Å². The number of fused-ring (bicyclic) bond motifs is 2. The van der Waals surface area contributed by atoms with Crippen molar-refractivity contribution in [3.8, 4) is 11.3 Å². The maximum absolute atomic E-state index is 13.0. The summed E-state index contributed by atoms with van der Waals surface area (Å²) in [6.07, 6.45) is 2.23. The Hall–Kier alpha value is -3.63. The molecule has 1 aliphatic rings. The molecular formula is C21H22F2N8O. The number of halogens is 2. The van der Waals surface area contributed by atoms with Crippen LogP contribution in [0.1, 0.15) is 18.7 Å². The summed E-state index contributed by atoms with van der Waals surface area (Å²) in [6, 6.07) is 5.45. The van der Waals surface area contributed by atoms with Crippen molar-refractivity contribution in [3.63, 3.8) is 0 Å². The minimum absolute atomic E-state index is 0.00591. The third-order valence-electron chi connectivity index (χ3n) is 5.79. The molecule has 0 aliphatic carbocycles. The second-order valence-corrected chi connectivity index (χ2v) is 7.99. The fourth-order valence-corrected chi connectivity index (χ4v) is 4.05. The van der Waals surface area contributed by atoms with Crippen molar-refractivity contribution < 1.29 is 13.6 Å². The number of pyridine rings is 1. The molecule has 9 nitrogen and oxygen atoms in total. The van der Waals surface area contributed by atoms with E-state index >= 15 is 0 Å². The van der Waals surface area contributed by atoms with Gasteiger partial charge in [0.1, 0.15) is 11.3 Å². The SMILES string of the molecule is Cc1nc2ccc(-c3ccn4nc(N[C@H]5CCN(C)C(=O)C5)ncc34)nc2n1CC(F)F. The first-order valence-electron chi connectivity index (χ1n) is 10.4. The zero-order valence-corrected chi connectivity index (χ0v) is 17.7.